The number of aromatic nitrogens is 1. The number of amides is 1. The molecule has 1 aromatic heterocycles. The van der Waals surface area contributed by atoms with Crippen LogP contribution in [0.4, 0.5) is 11.5 Å². The number of pyridine rings is 1. The van der Waals surface area contributed by atoms with E-state index in [1.165, 1.54) is 0 Å². The van der Waals surface area contributed by atoms with Crippen LogP contribution < -0.4 is 15.4 Å². The monoisotopic (exact) mass is 269 g/mol. The average Bonchev–Trinajstić information content (AvgIpc) is 2.49. The van der Waals surface area contributed by atoms with Gasteiger partial charge in [0, 0.05) is 6.20 Å². The number of fused-ring (bicyclic) bond motifs is 1. The van der Waals surface area contributed by atoms with Crippen LogP contribution in [-0.4, -0.2) is 23.5 Å². The lowest BCUT2D eigenvalue weighted by atomic mass is 10.2. The molecular formula is C15H15N3O2. The van der Waals surface area contributed by atoms with E-state index >= 15 is 0 Å². The second-order valence-corrected chi connectivity index (χ2v) is 4.69. The quantitative estimate of drug-likeness (QED) is 0.877. The van der Waals surface area contributed by atoms with Crippen molar-refractivity contribution in [3.8, 4) is 5.75 Å². The molecule has 0 spiro atoms. The SMILES string of the molecule is Cc1ccc(NC(=O)C2CNc3ccccc3O2)nc1. The first-order valence-corrected chi connectivity index (χ1v) is 6.45. The Kier molecular flexibility index (Phi) is 3.25. The molecule has 5 heteroatoms. The Hall–Kier alpha value is -2.56. The summed E-state index contributed by atoms with van der Waals surface area (Å²) in [6, 6.07) is 11.2. The second-order valence-electron chi connectivity index (χ2n) is 4.69. The van der Waals surface area contributed by atoms with Crippen molar-refractivity contribution in [3.63, 3.8) is 0 Å². The van der Waals surface area contributed by atoms with Crippen LogP contribution in [0.15, 0.2) is 42.6 Å². The highest BCUT2D eigenvalue weighted by atomic mass is 16.5. The molecule has 102 valence electrons. The van der Waals surface area contributed by atoms with Gasteiger partial charge < -0.3 is 15.4 Å². The number of para-hydroxylation sites is 2. The normalized spacial score (nSPS) is 16.6. The van der Waals surface area contributed by atoms with Gasteiger partial charge in [-0.2, -0.15) is 0 Å². The minimum absolute atomic E-state index is 0.205. The van der Waals surface area contributed by atoms with Crippen molar-refractivity contribution in [1.82, 2.24) is 4.98 Å². The van der Waals surface area contributed by atoms with Crippen LogP contribution in [-0.2, 0) is 4.79 Å². The summed E-state index contributed by atoms with van der Waals surface area (Å²) in [6.45, 7) is 2.39. The smallest absolute Gasteiger partial charge is 0.268 e. The van der Waals surface area contributed by atoms with E-state index in [1.54, 1.807) is 12.3 Å². The molecule has 2 N–H and O–H groups in total. The number of nitrogens with one attached hydrogen (secondary N) is 2. The minimum Gasteiger partial charge on any atom is -0.477 e. The molecule has 5 nitrogen and oxygen atoms in total. The summed E-state index contributed by atoms with van der Waals surface area (Å²) in [7, 11) is 0. The number of carbonyl (C=O) groups is 1. The van der Waals surface area contributed by atoms with Crippen LogP contribution in [0.25, 0.3) is 0 Å². The van der Waals surface area contributed by atoms with E-state index in [9.17, 15) is 4.79 Å². The molecular weight excluding hydrogens is 254 g/mol. The molecule has 1 unspecified atom stereocenters. The maximum absolute atomic E-state index is 12.1. The Morgan fingerprint density at radius 3 is 3.00 bits per heavy atom. The fourth-order valence-electron chi connectivity index (χ4n) is 2.01. The number of anilines is 2. The van der Waals surface area contributed by atoms with Crippen molar-refractivity contribution >= 4 is 17.4 Å². The van der Waals surface area contributed by atoms with Gasteiger partial charge >= 0.3 is 0 Å². The average molecular weight is 269 g/mol. The Morgan fingerprint density at radius 2 is 2.20 bits per heavy atom. The van der Waals surface area contributed by atoms with Gasteiger partial charge in [-0.25, -0.2) is 4.98 Å². The molecule has 0 saturated heterocycles. The van der Waals surface area contributed by atoms with Gasteiger partial charge in [0.1, 0.15) is 11.6 Å². The van der Waals surface area contributed by atoms with Gasteiger partial charge in [-0.1, -0.05) is 18.2 Å². The van der Waals surface area contributed by atoms with Gasteiger partial charge in [-0.05, 0) is 30.7 Å². The first kappa shape index (κ1) is 12.5. The maximum Gasteiger partial charge on any atom is 0.268 e. The van der Waals surface area contributed by atoms with Crippen LogP contribution >= 0.6 is 0 Å². The maximum atomic E-state index is 12.1. The Morgan fingerprint density at radius 1 is 1.35 bits per heavy atom. The third-order valence-corrected chi connectivity index (χ3v) is 3.09. The third-order valence-electron chi connectivity index (χ3n) is 3.09. The summed E-state index contributed by atoms with van der Waals surface area (Å²) >= 11 is 0. The lowest BCUT2D eigenvalue weighted by Gasteiger charge is -2.26. The molecule has 1 aliphatic heterocycles. The van der Waals surface area contributed by atoms with E-state index in [0.29, 0.717) is 18.1 Å². The fourth-order valence-corrected chi connectivity index (χ4v) is 2.01. The summed E-state index contributed by atoms with van der Waals surface area (Å²) < 4.78 is 5.69. The summed E-state index contributed by atoms with van der Waals surface area (Å²) in [4.78, 5) is 16.3. The predicted molar refractivity (Wildman–Crippen MR) is 77.0 cm³/mol. The number of nitrogens with zero attached hydrogens (tertiary/aromatic N) is 1. The van der Waals surface area contributed by atoms with Crippen molar-refractivity contribution in [3.05, 3.63) is 48.2 Å². The highest BCUT2D eigenvalue weighted by molar-refractivity contribution is 5.94. The number of carbonyl (C=O) groups excluding carboxylic acids is 1. The van der Waals surface area contributed by atoms with Crippen LogP contribution in [0.1, 0.15) is 5.56 Å². The van der Waals surface area contributed by atoms with Crippen molar-refractivity contribution < 1.29 is 9.53 Å². The van der Waals surface area contributed by atoms with E-state index in [2.05, 4.69) is 15.6 Å². The highest BCUT2D eigenvalue weighted by Crippen LogP contribution is 2.28. The van der Waals surface area contributed by atoms with Crippen LogP contribution in [0.3, 0.4) is 0 Å². The van der Waals surface area contributed by atoms with Crippen LogP contribution in [0.2, 0.25) is 0 Å². The number of aryl methyl sites for hydroxylation is 1. The lowest BCUT2D eigenvalue weighted by molar-refractivity contribution is -0.122. The van der Waals surface area contributed by atoms with E-state index < -0.39 is 6.10 Å². The molecule has 1 aliphatic rings. The van der Waals surface area contributed by atoms with Crippen molar-refractivity contribution in [2.45, 2.75) is 13.0 Å². The summed E-state index contributed by atoms with van der Waals surface area (Å²) in [5, 5.41) is 5.94. The second kappa shape index (κ2) is 5.21. The summed E-state index contributed by atoms with van der Waals surface area (Å²) in [5.74, 6) is 1.02. The van der Waals surface area contributed by atoms with Gasteiger partial charge in [0.05, 0.1) is 12.2 Å². The number of ether oxygens (including phenoxy) is 1. The third kappa shape index (κ3) is 2.56. The summed E-state index contributed by atoms with van der Waals surface area (Å²) in [6.07, 6.45) is 1.15. The zero-order valence-electron chi connectivity index (χ0n) is 11.1. The van der Waals surface area contributed by atoms with Crippen LogP contribution in [0.5, 0.6) is 5.75 Å². The number of hydrogen-bond donors (Lipinski definition) is 2. The van der Waals surface area contributed by atoms with Crippen molar-refractivity contribution in [2.24, 2.45) is 0 Å². The molecule has 0 saturated carbocycles. The Labute approximate surface area is 117 Å². The molecule has 0 bridgehead atoms. The molecule has 2 aromatic rings. The van der Waals surface area contributed by atoms with Crippen molar-refractivity contribution in [2.75, 3.05) is 17.2 Å². The van der Waals surface area contributed by atoms with Gasteiger partial charge in [-0.15, -0.1) is 0 Å². The van der Waals surface area contributed by atoms with E-state index in [0.717, 1.165) is 11.3 Å². The molecule has 3 rings (SSSR count). The predicted octanol–water partition coefficient (Wildman–Crippen LogP) is 2.20. The Bertz CT molecular complexity index is 625. The zero-order chi connectivity index (χ0) is 13.9. The fraction of sp³-hybridized carbons (Fsp3) is 0.200. The molecule has 20 heavy (non-hydrogen) atoms. The van der Waals surface area contributed by atoms with Gasteiger partial charge in [-0.3, -0.25) is 4.79 Å². The summed E-state index contributed by atoms with van der Waals surface area (Å²) in [5.41, 5.74) is 1.96. The topological polar surface area (TPSA) is 63.2 Å². The number of benzene rings is 1. The number of rotatable bonds is 2. The van der Waals surface area contributed by atoms with E-state index in [1.807, 2.05) is 37.3 Å². The first-order chi connectivity index (χ1) is 9.72. The van der Waals surface area contributed by atoms with Gasteiger partial charge in [0.15, 0.2) is 6.10 Å². The molecule has 1 amide bonds. The lowest BCUT2D eigenvalue weighted by Crippen LogP contribution is -2.41. The van der Waals surface area contributed by atoms with Crippen LogP contribution in [0, 0.1) is 6.92 Å². The van der Waals surface area contributed by atoms with Gasteiger partial charge in [0.2, 0.25) is 0 Å². The largest absolute Gasteiger partial charge is 0.477 e. The molecule has 1 aromatic carbocycles. The molecule has 0 aliphatic carbocycles. The standard InChI is InChI=1S/C15H15N3O2/c1-10-6-7-14(17-8-10)18-15(19)13-9-16-11-4-2-3-5-12(11)20-13/h2-8,13,16H,9H2,1H3,(H,17,18,19). The van der Waals surface area contributed by atoms with E-state index in [4.69, 9.17) is 4.74 Å². The van der Waals surface area contributed by atoms with E-state index in [-0.39, 0.29) is 5.91 Å². The highest BCUT2D eigenvalue weighted by Gasteiger charge is 2.25. The zero-order valence-corrected chi connectivity index (χ0v) is 11.1. The first-order valence-electron chi connectivity index (χ1n) is 6.45. The molecule has 0 fully saturated rings. The molecule has 0 radical (unpaired) electrons. The molecule has 1 atom stereocenters. The minimum atomic E-state index is -0.562. The Balaban J connectivity index is 1.68. The number of hydrogen-bond acceptors (Lipinski definition) is 4. The molecule has 2 heterocycles. The van der Waals surface area contributed by atoms with Crippen molar-refractivity contribution in [1.29, 1.82) is 0 Å². The van der Waals surface area contributed by atoms with Gasteiger partial charge in [0.25, 0.3) is 5.91 Å².